The van der Waals surface area contributed by atoms with Gasteiger partial charge in [0, 0.05) is 17.7 Å². The molecule has 0 spiro atoms. The Hall–Kier alpha value is -1.93. The summed E-state index contributed by atoms with van der Waals surface area (Å²) in [6.07, 6.45) is 2.59. The smallest absolute Gasteiger partial charge is 0.193 e. The minimum absolute atomic E-state index is 0.110. The van der Waals surface area contributed by atoms with Gasteiger partial charge in [-0.15, -0.1) is 0 Å². The van der Waals surface area contributed by atoms with Crippen LogP contribution >= 0.6 is 0 Å². The number of ketones is 1. The fourth-order valence-corrected chi connectivity index (χ4v) is 2.88. The first-order chi connectivity index (χ1) is 10.2. The maximum Gasteiger partial charge on any atom is 0.193 e. The van der Waals surface area contributed by atoms with Crippen LogP contribution in [0.4, 0.5) is 0 Å². The number of carbonyl (C=O) groups is 1. The molecule has 2 aromatic carbocycles. The normalized spacial score (nSPS) is 15.3. The van der Waals surface area contributed by atoms with E-state index in [1.54, 1.807) is 0 Å². The van der Waals surface area contributed by atoms with Gasteiger partial charge in [-0.2, -0.15) is 0 Å². The Morgan fingerprint density at radius 3 is 2.43 bits per heavy atom. The molecule has 1 aliphatic rings. The van der Waals surface area contributed by atoms with E-state index in [1.165, 1.54) is 37.1 Å². The summed E-state index contributed by atoms with van der Waals surface area (Å²) < 4.78 is 0. The molecule has 1 saturated heterocycles. The van der Waals surface area contributed by atoms with Crippen molar-refractivity contribution in [2.45, 2.75) is 26.3 Å². The minimum atomic E-state index is 0.110. The summed E-state index contributed by atoms with van der Waals surface area (Å²) in [5, 5.41) is 0. The Bertz CT molecular complexity index is 624. The van der Waals surface area contributed by atoms with E-state index in [-0.39, 0.29) is 5.78 Å². The minimum Gasteiger partial charge on any atom is -0.299 e. The van der Waals surface area contributed by atoms with Crippen LogP contribution in [0.5, 0.6) is 0 Å². The number of likely N-dealkylation sites (tertiary alicyclic amines) is 1. The molecule has 1 heterocycles. The SMILES string of the molecule is Cc1ccc(C(=O)c2cccc(CN3CCCC3)c2)cc1. The van der Waals surface area contributed by atoms with Crippen LogP contribution in [-0.2, 0) is 6.54 Å². The average molecular weight is 279 g/mol. The summed E-state index contributed by atoms with van der Waals surface area (Å²) in [5.41, 5.74) is 3.96. The van der Waals surface area contributed by atoms with Crippen LogP contribution in [0, 0.1) is 6.92 Å². The molecule has 0 amide bonds. The molecule has 21 heavy (non-hydrogen) atoms. The summed E-state index contributed by atoms with van der Waals surface area (Å²) in [4.78, 5) is 15.0. The van der Waals surface area contributed by atoms with Crippen molar-refractivity contribution in [2.24, 2.45) is 0 Å². The second kappa shape index (κ2) is 6.23. The van der Waals surface area contributed by atoms with E-state index in [1.807, 2.05) is 49.4 Å². The highest BCUT2D eigenvalue weighted by atomic mass is 16.1. The lowest BCUT2D eigenvalue weighted by molar-refractivity contribution is 0.103. The van der Waals surface area contributed by atoms with E-state index in [0.29, 0.717) is 0 Å². The molecule has 0 N–H and O–H groups in total. The Labute approximate surface area is 126 Å². The molecule has 108 valence electrons. The van der Waals surface area contributed by atoms with Gasteiger partial charge in [0.1, 0.15) is 0 Å². The second-order valence-electron chi connectivity index (χ2n) is 5.88. The zero-order valence-corrected chi connectivity index (χ0v) is 12.5. The van der Waals surface area contributed by atoms with Gasteiger partial charge in [-0.05, 0) is 44.5 Å². The van der Waals surface area contributed by atoms with Crippen molar-refractivity contribution < 1.29 is 4.79 Å². The molecule has 0 atom stereocenters. The average Bonchev–Trinajstić information content (AvgIpc) is 3.00. The molecule has 0 radical (unpaired) electrons. The van der Waals surface area contributed by atoms with Gasteiger partial charge in [0.25, 0.3) is 0 Å². The van der Waals surface area contributed by atoms with E-state index >= 15 is 0 Å². The van der Waals surface area contributed by atoms with E-state index in [4.69, 9.17) is 0 Å². The summed E-state index contributed by atoms with van der Waals surface area (Å²) in [6, 6.07) is 15.9. The van der Waals surface area contributed by atoms with Gasteiger partial charge in [-0.3, -0.25) is 9.69 Å². The molecule has 1 aliphatic heterocycles. The first-order valence-electron chi connectivity index (χ1n) is 7.65. The Balaban J connectivity index is 1.78. The van der Waals surface area contributed by atoms with Crippen molar-refractivity contribution in [3.05, 3.63) is 70.8 Å². The monoisotopic (exact) mass is 279 g/mol. The van der Waals surface area contributed by atoms with Crippen molar-refractivity contribution >= 4 is 5.78 Å². The van der Waals surface area contributed by atoms with Crippen LogP contribution in [0.3, 0.4) is 0 Å². The first kappa shape index (κ1) is 14.0. The third kappa shape index (κ3) is 3.40. The molecule has 0 aromatic heterocycles. The summed E-state index contributed by atoms with van der Waals surface area (Å²) in [7, 11) is 0. The van der Waals surface area contributed by atoms with Crippen molar-refractivity contribution in [2.75, 3.05) is 13.1 Å². The van der Waals surface area contributed by atoms with E-state index in [2.05, 4.69) is 11.0 Å². The maximum atomic E-state index is 12.5. The molecule has 3 rings (SSSR count). The zero-order valence-electron chi connectivity index (χ0n) is 12.5. The highest BCUT2D eigenvalue weighted by Gasteiger charge is 2.13. The van der Waals surface area contributed by atoms with Crippen LogP contribution in [0.1, 0.15) is 39.9 Å². The number of rotatable bonds is 4. The van der Waals surface area contributed by atoms with Gasteiger partial charge >= 0.3 is 0 Å². The van der Waals surface area contributed by atoms with E-state index in [9.17, 15) is 4.79 Å². The predicted octanol–water partition coefficient (Wildman–Crippen LogP) is 3.82. The lowest BCUT2D eigenvalue weighted by atomic mass is 10.0. The largest absolute Gasteiger partial charge is 0.299 e. The van der Waals surface area contributed by atoms with Gasteiger partial charge in [0.15, 0.2) is 5.78 Å². The molecular formula is C19H21NO. The number of hydrogen-bond acceptors (Lipinski definition) is 2. The van der Waals surface area contributed by atoms with Crippen molar-refractivity contribution in [3.8, 4) is 0 Å². The number of carbonyl (C=O) groups excluding carboxylic acids is 1. The van der Waals surface area contributed by atoms with Gasteiger partial charge < -0.3 is 0 Å². The molecule has 2 nitrogen and oxygen atoms in total. The number of hydrogen-bond donors (Lipinski definition) is 0. The summed E-state index contributed by atoms with van der Waals surface area (Å²) in [5.74, 6) is 0.110. The van der Waals surface area contributed by atoms with E-state index in [0.717, 1.165) is 17.7 Å². The molecule has 0 bridgehead atoms. The molecule has 0 unspecified atom stereocenters. The van der Waals surface area contributed by atoms with Crippen LogP contribution in [0.15, 0.2) is 48.5 Å². The first-order valence-corrected chi connectivity index (χ1v) is 7.65. The maximum absolute atomic E-state index is 12.5. The fourth-order valence-electron chi connectivity index (χ4n) is 2.88. The summed E-state index contributed by atoms with van der Waals surface area (Å²) in [6.45, 7) is 5.34. The number of nitrogens with zero attached hydrogens (tertiary/aromatic N) is 1. The Morgan fingerprint density at radius 2 is 1.71 bits per heavy atom. The van der Waals surface area contributed by atoms with Crippen molar-refractivity contribution in [1.29, 1.82) is 0 Å². The molecule has 2 heteroatoms. The Kier molecular flexibility index (Phi) is 4.16. The van der Waals surface area contributed by atoms with Crippen LogP contribution in [0.25, 0.3) is 0 Å². The molecule has 2 aromatic rings. The zero-order chi connectivity index (χ0) is 14.7. The van der Waals surface area contributed by atoms with Crippen LogP contribution in [-0.4, -0.2) is 23.8 Å². The second-order valence-corrected chi connectivity index (χ2v) is 5.88. The van der Waals surface area contributed by atoms with Gasteiger partial charge in [-0.25, -0.2) is 0 Å². The van der Waals surface area contributed by atoms with Crippen molar-refractivity contribution in [3.63, 3.8) is 0 Å². The van der Waals surface area contributed by atoms with Crippen LogP contribution in [0.2, 0.25) is 0 Å². The number of aryl methyl sites for hydroxylation is 1. The lowest BCUT2D eigenvalue weighted by Gasteiger charge is -2.15. The molecular weight excluding hydrogens is 258 g/mol. The molecule has 0 aliphatic carbocycles. The van der Waals surface area contributed by atoms with Crippen LogP contribution < -0.4 is 0 Å². The van der Waals surface area contributed by atoms with Gasteiger partial charge in [0.2, 0.25) is 0 Å². The standard InChI is InChI=1S/C19H21NO/c1-15-7-9-17(10-8-15)19(21)18-6-4-5-16(13-18)14-20-11-2-3-12-20/h4-10,13H,2-3,11-12,14H2,1H3. The fraction of sp³-hybridized carbons (Fsp3) is 0.316. The van der Waals surface area contributed by atoms with E-state index < -0.39 is 0 Å². The molecule has 1 fully saturated rings. The Morgan fingerprint density at radius 1 is 1.00 bits per heavy atom. The third-order valence-corrected chi connectivity index (χ3v) is 4.11. The highest BCUT2D eigenvalue weighted by Crippen LogP contribution is 2.16. The third-order valence-electron chi connectivity index (χ3n) is 4.11. The molecule has 0 saturated carbocycles. The summed E-state index contributed by atoms with van der Waals surface area (Å²) >= 11 is 0. The van der Waals surface area contributed by atoms with Crippen molar-refractivity contribution in [1.82, 2.24) is 4.90 Å². The predicted molar refractivity (Wildman–Crippen MR) is 85.6 cm³/mol. The quantitative estimate of drug-likeness (QED) is 0.793. The highest BCUT2D eigenvalue weighted by molar-refractivity contribution is 6.09. The number of benzene rings is 2. The van der Waals surface area contributed by atoms with Gasteiger partial charge in [-0.1, -0.05) is 48.0 Å². The van der Waals surface area contributed by atoms with Gasteiger partial charge in [0.05, 0.1) is 0 Å². The topological polar surface area (TPSA) is 20.3 Å². The lowest BCUT2D eigenvalue weighted by Crippen LogP contribution is -2.18.